The molecule has 0 unspecified atom stereocenters. The summed E-state index contributed by atoms with van der Waals surface area (Å²) in [6.07, 6.45) is 0. The number of nitrogens with one attached hydrogen (secondary N) is 2. The van der Waals surface area contributed by atoms with Gasteiger partial charge in [0, 0.05) is 17.3 Å². The SMILES string of the molecule is CC(C)Nc1ccc2c(c1)C(N)=NS(=O)(=O)N2. The molecule has 1 aromatic carbocycles. The summed E-state index contributed by atoms with van der Waals surface area (Å²) in [5.41, 5.74) is 7.54. The predicted octanol–water partition coefficient (Wildman–Crippen LogP) is 0.883. The maximum atomic E-state index is 11.3. The molecular formula is C10H14N4O2S. The second-order valence-corrected chi connectivity index (χ2v) is 5.45. The van der Waals surface area contributed by atoms with Crippen LogP contribution in [0.5, 0.6) is 0 Å². The third-order valence-corrected chi connectivity index (χ3v) is 3.12. The van der Waals surface area contributed by atoms with E-state index >= 15 is 0 Å². The molecule has 0 spiro atoms. The molecule has 0 fully saturated rings. The van der Waals surface area contributed by atoms with Gasteiger partial charge in [-0.05, 0) is 32.0 Å². The van der Waals surface area contributed by atoms with Gasteiger partial charge in [0.1, 0.15) is 5.84 Å². The molecule has 1 aromatic rings. The van der Waals surface area contributed by atoms with Gasteiger partial charge >= 0.3 is 10.2 Å². The first-order chi connectivity index (χ1) is 7.87. The summed E-state index contributed by atoms with van der Waals surface area (Å²) in [7, 11) is -3.69. The zero-order valence-electron chi connectivity index (χ0n) is 9.56. The molecule has 4 N–H and O–H groups in total. The van der Waals surface area contributed by atoms with Gasteiger partial charge in [0.05, 0.1) is 5.69 Å². The highest BCUT2D eigenvalue weighted by Crippen LogP contribution is 2.25. The van der Waals surface area contributed by atoms with Crippen molar-refractivity contribution in [3.05, 3.63) is 23.8 Å². The van der Waals surface area contributed by atoms with Crippen molar-refractivity contribution in [2.75, 3.05) is 10.0 Å². The second kappa shape index (κ2) is 3.92. The van der Waals surface area contributed by atoms with Crippen molar-refractivity contribution >= 4 is 27.4 Å². The van der Waals surface area contributed by atoms with Gasteiger partial charge in [0.2, 0.25) is 0 Å². The van der Waals surface area contributed by atoms with Crippen molar-refractivity contribution in [3.63, 3.8) is 0 Å². The topological polar surface area (TPSA) is 96.6 Å². The Morgan fingerprint density at radius 3 is 2.76 bits per heavy atom. The van der Waals surface area contributed by atoms with E-state index in [-0.39, 0.29) is 11.9 Å². The minimum Gasteiger partial charge on any atom is -0.383 e. The largest absolute Gasteiger partial charge is 0.383 e. The first kappa shape index (κ1) is 11.7. The Morgan fingerprint density at radius 2 is 2.12 bits per heavy atom. The van der Waals surface area contributed by atoms with Gasteiger partial charge in [0.15, 0.2) is 0 Å². The fourth-order valence-corrected chi connectivity index (χ4v) is 2.47. The van der Waals surface area contributed by atoms with Gasteiger partial charge in [0.25, 0.3) is 0 Å². The van der Waals surface area contributed by atoms with Crippen LogP contribution in [0.1, 0.15) is 19.4 Å². The lowest BCUT2D eigenvalue weighted by molar-refractivity contribution is 0.602. The average molecular weight is 254 g/mol. The number of nitrogens with zero attached hydrogens (tertiary/aromatic N) is 1. The van der Waals surface area contributed by atoms with Gasteiger partial charge in [-0.3, -0.25) is 4.72 Å². The van der Waals surface area contributed by atoms with E-state index in [1.54, 1.807) is 18.2 Å². The maximum Gasteiger partial charge on any atom is 0.344 e. The van der Waals surface area contributed by atoms with Crippen LogP contribution in [0.25, 0.3) is 0 Å². The van der Waals surface area contributed by atoms with Gasteiger partial charge in [-0.2, -0.15) is 8.42 Å². The molecule has 0 radical (unpaired) electrons. The monoisotopic (exact) mass is 254 g/mol. The maximum absolute atomic E-state index is 11.3. The predicted molar refractivity (Wildman–Crippen MR) is 68.5 cm³/mol. The van der Waals surface area contributed by atoms with Crippen molar-refractivity contribution in [3.8, 4) is 0 Å². The van der Waals surface area contributed by atoms with E-state index in [0.717, 1.165) is 5.69 Å². The summed E-state index contributed by atoms with van der Waals surface area (Å²) in [5, 5.41) is 3.21. The summed E-state index contributed by atoms with van der Waals surface area (Å²) >= 11 is 0. The third kappa shape index (κ3) is 2.50. The van der Waals surface area contributed by atoms with Crippen LogP contribution in [0, 0.1) is 0 Å². The number of rotatable bonds is 2. The molecule has 0 aliphatic carbocycles. The molecule has 0 aromatic heterocycles. The molecule has 1 aliphatic heterocycles. The molecule has 0 bridgehead atoms. The molecule has 92 valence electrons. The lowest BCUT2D eigenvalue weighted by atomic mass is 10.1. The normalized spacial score (nSPS) is 17.0. The molecule has 1 heterocycles. The van der Waals surface area contributed by atoms with Crippen molar-refractivity contribution in [2.24, 2.45) is 10.1 Å². The Kier molecular flexibility index (Phi) is 2.70. The first-order valence-corrected chi connectivity index (χ1v) is 6.60. The molecule has 0 atom stereocenters. The Balaban J connectivity index is 2.44. The van der Waals surface area contributed by atoms with Crippen molar-refractivity contribution in [1.29, 1.82) is 0 Å². The van der Waals surface area contributed by atoms with E-state index < -0.39 is 10.2 Å². The van der Waals surface area contributed by atoms with Gasteiger partial charge in [-0.25, -0.2) is 0 Å². The number of anilines is 2. The number of fused-ring (bicyclic) bond motifs is 1. The second-order valence-electron chi connectivity index (χ2n) is 4.11. The number of amidine groups is 1. The highest BCUT2D eigenvalue weighted by molar-refractivity contribution is 7.91. The van der Waals surface area contributed by atoms with Crippen LogP contribution >= 0.6 is 0 Å². The standard InChI is InChI=1S/C10H14N4O2S/c1-6(2)12-7-3-4-9-8(5-7)10(11)14-17(15,16)13-9/h3-6,12-13H,1-2H3,(H2,11,14). The van der Waals surface area contributed by atoms with E-state index in [1.807, 2.05) is 13.8 Å². The van der Waals surface area contributed by atoms with E-state index in [2.05, 4.69) is 14.4 Å². The summed E-state index contributed by atoms with van der Waals surface area (Å²) in [6.45, 7) is 4.03. The summed E-state index contributed by atoms with van der Waals surface area (Å²) in [5.74, 6) is 0.00570. The molecule has 0 amide bonds. The van der Waals surface area contributed by atoms with E-state index in [1.165, 1.54) is 0 Å². The summed E-state index contributed by atoms with van der Waals surface area (Å²) < 4.78 is 28.3. The molecule has 0 saturated heterocycles. The average Bonchev–Trinajstić information content (AvgIpc) is 2.16. The van der Waals surface area contributed by atoms with Crippen LogP contribution in [-0.4, -0.2) is 20.3 Å². The Bertz CT molecular complexity index is 578. The number of hydrogen-bond acceptors (Lipinski definition) is 4. The quantitative estimate of drug-likeness (QED) is 0.730. The third-order valence-electron chi connectivity index (χ3n) is 2.21. The molecule has 2 rings (SSSR count). The fourth-order valence-electron chi connectivity index (χ4n) is 1.61. The van der Waals surface area contributed by atoms with Crippen molar-refractivity contribution in [1.82, 2.24) is 0 Å². The van der Waals surface area contributed by atoms with Crippen LogP contribution in [0.2, 0.25) is 0 Å². The zero-order valence-corrected chi connectivity index (χ0v) is 10.4. The number of hydrogen-bond donors (Lipinski definition) is 3. The highest BCUT2D eigenvalue weighted by Gasteiger charge is 2.20. The van der Waals surface area contributed by atoms with Crippen LogP contribution in [0.4, 0.5) is 11.4 Å². The minimum atomic E-state index is -3.69. The lowest BCUT2D eigenvalue weighted by Crippen LogP contribution is -2.26. The lowest BCUT2D eigenvalue weighted by Gasteiger charge is -2.18. The molecule has 1 aliphatic rings. The van der Waals surface area contributed by atoms with Crippen LogP contribution in [0.3, 0.4) is 0 Å². The molecule has 6 nitrogen and oxygen atoms in total. The van der Waals surface area contributed by atoms with Crippen LogP contribution in [0.15, 0.2) is 22.6 Å². The Labute approximate surface area is 100 Å². The smallest absolute Gasteiger partial charge is 0.344 e. The Morgan fingerprint density at radius 1 is 1.41 bits per heavy atom. The van der Waals surface area contributed by atoms with Gasteiger partial charge in [-0.1, -0.05) is 0 Å². The molecule has 0 saturated carbocycles. The minimum absolute atomic E-state index is 0.00570. The fraction of sp³-hybridized carbons (Fsp3) is 0.300. The number of nitrogens with two attached hydrogens (primary N) is 1. The van der Waals surface area contributed by atoms with Crippen LogP contribution in [-0.2, 0) is 10.2 Å². The highest BCUT2D eigenvalue weighted by atomic mass is 32.2. The number of benzene rings is 1. The first-order valence-electron chi connectivity index (χ1n) is 5.16. The molecule has 7 heteroatoms. The van der Waals surface area contributed by atoms with E-state index in [9.17, 15) is 8.42 Å². The summed E-state index contributed by atoms with van der Waals surface area (Å²) in [6, 6.07) is 5.51. The Hall–Kier alpha value is -1.76. The summed E-state index contributed by atoms with van der Waals surface area (Å²) in [4.78, 5) is 0. The molecule has 17 heavy (non-hydrogen) atoms. The van der Waals surface area contributed by atoms with E-state index in [0.29, 0.717) is 11.3 Å². The van der Waals surface area contributed by atoms with Crippen LogP contribution < -0.4 is 15.8 Å². The van der Waals surface area contributed by atoms with Gasteiger partial charge < -0.3 is 11.1 Å². The van der Waals surface area contributed by atoms with Gasteiger partial charge in [-0.15, -0.1) is 4.40 Å². The zero-order chi connectivity index (χ0) is 12.6. The van der Waals surface area contributed by atoms with Crippen molar-refractivity contribution in [2.45, 2.75) is 19.9 Å². The van der Waals surface area contributed by atoms with E-state index in [4.69, 9.17) is 5.73 Å². The molecular weight excluding hydrogens is 240 g/mol. The van der Waals surface area contributed by atoms with Crippen molar-refractivity contribution < 1.29 is 8.42 Å².